The molecule has 0 N–H and O–H groups in total. The van der Waals surface area contributed by atoms with Crippen LogP contribution >= 0.6 is 11.6 Å². The highest BCUT2D eigenvalue weighted by atomic mass is 35.5. The lowest BCUT2D eigenvalue weighted by Crippen LogP contribution is -2.43. The molecule has 0 aliphatic carbocycles. The van der Waals surface area contributed by atoms with Crippen molar-refractivity contribution >= 4 is 33.6 Å². The van der Waals surface area contributed by atoms with E-state index in [1.807, 2.05) is 0 Å². The number of cyclic esters (lactones) is 1. The van der Waals surface area contributed by atoms with Gasteiger partial charge in [-0.05, 0) is 37.1 Å². The van der Waals surface area contributed by atoms with Gasteiger partial charge >= 0.3 is 11.9 Å². The molecule has 2 fully saturated rings. The molecule has 2 saturated heterocycles. The first-order chi connectivity index (χ1) is 11.9. The maximum atomic E-state index is 12.7. The molecule has 2 atom stereocenters. The Balaban J connectivity index is 1.68. The number of hydrogen-bond donors (Lipinski definition) is 0. The second-order valence-electron chi connectivity index (χ2n) is 6.04. The predicted octanol–water partition coefficient (Wildman–Crippen LogP) is 1.60. The van der Waals surface area contributed by atoms with E-state index in [-0.39, 0.29) is 18.0 Å². The van der Waals surface area contributed by atoms with Crippen molar-refractivity contribution in [2.45, 2.75) is 30.3 Å². The van der Waals surface area contributed by atoms with E-state index in [2.05, 4.69) is 0 Å². The lowest BCUT2D eigenvalue weighted by molar-refractivity contribution is -0.164. The van der Waals surface area contributed by atoms with E-state index in [4.69, 9.17) is 21.1 Å². The van der Waals surface area contributed by atoms with Crippen molar-refractivity contribution in [1.29, 1.82) is 0 Å². The minimum Gasteiger partial charge on any atom is -0.463 e. The molecule has 7 nitrogen and oxygen atoms in total. The zero-order valence-electron chi connectivity index (χ0n) is 13.4. The van der Waals surface area contributed by atoms with Crippen molar-refractivity contribution in [3.63, 3.8) is 0 Å². The summed E-state index contributed by atoms with van der Waals surface area (Å²) in [4.78, 5) is 23.8. The molecule has 0 saturated carbocycles. The number of benzene rings is 1. The fraction of sp³-hybridized carbons (Fsp3) is 0.500. The van der Waals surface area contributed by atoms with Gasteiger partial charge in [-0.1, -0.05) is 11.6 Å². The van der Waals surface area contributed by atoms with E-state index in [0.29, 0.717) is 30.8 Å². The van der Waals surface area contributed by atoms with E-state index in [9.17, 15) is 18.0 Å². The zero-order chi connectivity index (χ0) is 18.0. The van der Waals surface area contributed by atoms with Crippen LogP contribution in [-0.4, -0.2) is 50.5 Å². The van der Waals surface area contributed by atoms with Gasteiger partial charge in [0, 0.05) is 24.5 Å². The quantitative estimate of drug-likeness (QED) is 0.729. The van der Waals surface area contributed by atoms with E-state index >= 15 is 0 Å². The Morgan fingerprint density at radius 3 is 2.60 bits per heavy atom. The average Bonchev–Trinajstić information content (AvgIpc) is 3.00. The molecule has 0 bridgehead atoms. The largest absolute Gasteiger partial charge is 0.463 e. The molecule has 1 aromatic carbocycles. The summed E-state index contributed by atoms with van der Waals surface area (Å²) < 4.78 is 36.7. The smallest absolute Gasteiger partial charge is 0.347 e. The minimum atomic E-state index is -3.71. The van der Waals surface area contributed by atoms with Crippen molar-refractivity contribution in [2.75, 3.05) is 19.7 Å². The number of nitrogens with zero attached hydrogens (tertiary/aromatic N) is 1. The average molecular weight is 388 g/mol. The van der Waals surface area contributed by atoms with Gasteiger partial charge in [0.1, 0.15) is 0 Å². The number of hydrogen-bond acceptors (Lipinski definition) is 6. The highest BCUT2D eigenvalue weighted by Gasteiger charge is 2.37. The van der Waals surface area contributed by atoms with Gasteiger partial charge in [0.05, 0.1) is 17.4 Å². The number of ether oxygens (including phenoxy) is 2. The Bertz CT molecular complexity index is 763. The first-order valence-electron chi connectivity index (χ1n) is 8.01. The van der Waals surface area contributed by atoms with Gasteiger partial charge in [-0.3, -0.25) is 4.79 Å². The van der Waals surface area contributed by atoms with Crippen LogP contribution in [0.1, 0.15) is 19.3 Å². The second kappa shape index (κ2) is 7.31. The maximum absolute atomic E-state index is 12.7. The summed E-state index contributed by atoms with van der Waals surface area (Å²) in [5.41, 5.74) is 0. The van der Waals surface area contributed by atoms with E-state index < -0.39 is 34.0 Å². The second-order valence-corrected chi connectivity index (χ2v) is 8.41. The molecule has 136 valence electrons. The highest BCUT2D eigenvalue weighted by Crippen LogP contribution is 2.26. The van der Waals surface area contributed by atoms with Crippen molar-refractivity contribution in [2.24, 2.45) is 5.92 Å². The molecule has 3 rings (SSSR count). The molecule has 9 heteroatoms. The summed E-state index contributed by atoms with van der Waals surface area (Å²) in [5.74, 6) is -1.70. The third-order valence-electron chi connectivity index (χ3n) is 4.31. The van der Waals surface area contributed by atoms with E-state index in [1.165, 1.54) is 28.6 Å². The van der Waals surface area contributed by atoms with Crippen molar-refractivity contribution in [1.82, 2.24) is 4.31 Å². The number of piperidine rings is 1. The summed E-state index contributed by atoms with van der Waals surface area (Å²) in [6.07, 6.45) is 0.523. The van der Waals surface area contributed by atoms with Crippen LogP contribution in [0.3, 0.4) is 0 Å². The van der Waals surface area contributed by atoms with E-state index in [1.54, 1.807) is 0 Å². The van der Waals surface area contributed by atoms with E-state index in [0.717, 1.165) is 0 Å². The summed E-state index contributed by atoms with van der Waals surface area (Å²) in [6.45, 7) is 0.601. The molecule has 0 spiro atoms. The predicted molar refractivity (Wildman–Crippen MR) is 88.4 cm³/mol. The fourth-order valence-electron chi connectivity index (χ4n) is 2.93. The standard InChI is InChI=1S/C16H18ClNO6S/c17-12-3-5-13(6-4-12)25(21,22)18-8-1-2-11(10-18)15(19)24-14-7-9-23-16(14)20/h3-6,11,14H,1-2,7-10H2/t11-,14-/m1/s1. The Morgan fingerprint density at radius 1 is 1.24 bits per heavy atom. The third kappa shape index (κ3) is 3.96. The van der Waals surface area contributed by atoms with Crippen LogP contribution in [-0.2, 0) is 29.1 Å². The Kier molecular flexibility index (Phi) is 5.31. The van der Waals surface area contributed by atoms with Crippen LogP contribution in [0.25, 0.3) is 0 Å². The molecule has 2 aliphatic heterocycles. The molecule has 0 amide bonds. The molecular weight excluding hydrogens is 370 g/mol. The van der Waals surface area contributed by atoms with Gasteiger partial charge in [0.25, 0.3) is 0 Å². The number of esters is 2. The lowest BCUT2D eigenvalue weighted by Gasteiger charge is -2.31. The van der Waals surface area contributed by atoms with Gasteiger partial charge in [0.2, 0.25) is 16.1 Å². The van der Waals surface area contributed by atoms with Crippen LogP contribution in [0.4, 0.5) is 0 Å². The number of halogens is 1. The van der Waals surface area contributed by atoms with Crippen molar-refractivity contribution in [3.8, 4) is 0 Å². The Labute approximate surface area is 150 Å². The van der Waals surface area contributed by atoms with Crippen LogP contribution in [0, 0.1) is 5.92 Å². The molecule has 0 radical (unpaired) electrons. The first-order valence-corrected chi connectivity index (χ1v) is 9.82. The summed E-state index contributed by atoms with van der Waals surface area (Å²) >= 11 is 5.80. The fourth-order valence-corrected chi connectivity index (χ4v) is 4.58. The van der Waals surface area contributed by atoms with Gasteiger partial charge in [-0.25, -0.2) is 13.2 Å². The van der Waals surface area contributed by atoms with Crippen LogP contribution in [0.5, 0.6) is 0 Å². The number of sulfonamides is 1. The molecule has 0 aromatic heterocycles. The molecule has 0 unspecified atom stereocenters. The monoisotopic (exact) mass is 387 g/mol. The summed E-state index contributed by atoms with van der Waals surface area (Å²) in [6, 6.07) is 5.90. The van der Waals surface area contributed by atoms with Crippen LogP contribution in [0.15, 0.2) is 29.2 Å². The van der Waals surface area contributed by atoms with Crippen molar-refractivity contribution < 1.29 is 27.5 Å². The number of carbonyl (C=O) groups is 2. The molecule has 1 aromatic rings. The highest BCUT2D eigenvalue weighted by molar-refractivity contribution is 7.89. The number of carbonyl (C=O) groups excluding carboxylic acids is 2. The maximum Gasteiger partial charge on any atom is 0.347 e. The molecule has 25 heavy (non-hydrogen) atoms. The lowest BCUT2D eigenvalue weighted by atomic mass is 10.00. The molecular formula is C16H18ClNO6S. The zero-order valence-corrected chi connectivity index (χ0v) is 15.0. The normalized spacial score (nSPS) is 24.8. The van der Waals surface area contributed by atoms with Gasteiger partial charge in [0.15, 0.2) is 0 Å². The van der Waals surface area contributed by atoms with Crippen LogP contribution in [0.2, 0.25) is 5.02 Å². The summed E-state index contributed by atoms with van der Waals surface area (Å²) in [5, 5.41) is 0.447. The molecule has 2 heterocycles. The van der Waals surface area contributed by atoms with Crippen LogP contribution < -0.4 is 0 Å². The molecule has 2 aliphatic rings. The van der Waals surface area contributed by atoms with Gasteiger partial charge < -0.3 is 9.47 Å². The van der Waals surface area contributed by atoms with Crippen molar-refractivity contribution in [3.05, 3.63) is 29.3 Å². The topological polar surface area (TPSA) is 90.0 Å². The summed E-state index contributed by atoms with van der Waals surface area (Å²) in [7, 11) is -3.71. The number of rotatable bonds is 4. The first kappa shape index (κ1) is 18.2. The third-order valence-corrected chi connectivity index (χ3v) is 6.45. The SMILES string of the molecule is O=C(O[C@@H]1CCOC1=O)[C@@H]1CCCN(S(=O)(=O)c2ccc(Cl)cc2)C1. The van der Waals surface area contributed by atoms with Gasteiger partial charge in [-0.2, -0.15) is 4.31 Å². The van der Waals surface area contributed by atoms with Gasteiger partial charge in [-0.15, -0.1) is 0 Å². The minimum absolute atomic E-state index is 0.0333. The Morgan fingerprint density at radius 2 is 1.96 bits per heavy atom. The Hall–Kier alpha value is -1.64.